The molecule has 0 saturated heterocycles. The van der Waals surface area contributed by atoms with Gasteiger partial charge < -0.3 is 14.6 Å². The predicted molar refractivity (Wildman–Crippen MR) is 89.1 cm³/mol. The molecule has 24 heavy (non-hydrogen) atoms. The van der Waals surface area contributed by atoms with Gasteiger partial charge in [-0.15, -0.1) is 0 Å². The summed E-state index contributed by atoms with van der Waals surface area (Å²) in [6, 6.07) is 9.63. The molecule has 0 bridgehead atoms. The Morgan fingerprint density at radius 1 is 1.25 bits per heavy atom. The van der Waals surface area contributed by atoms with Gasteiger partial charge in [0.15, 0.2) is 17.6 Å². The van der Waals surface area contributed by atoms with Crippen LogP contribution in [-0.4, -0.2) is 30.5 Å². The Hall–Kier alpha value is -2.89. The summed E-state index contributed by atoms with van der Waals surface area (Å²) in [6.07, 6.45) is 0.625. The Balaban J connectivity index is 2.20. The Kier molecular flexibility index (Phi) is 5.52. The van der Waals surface area contributed by atoms with E-state index in [-0.39, 0.29) is 5.82 Å². The van der Waals surface area contributed by atoms with Crippen molar-refractivity contribution in [2.45, 2.75) is 20.0 Å². The van der Waals surface area contributed by atoms with Crippen LogP contribution in [0.15, 0.2) is 41.4 Å². The maximum atomic E-state index is 13.2. The van der Waals surface area contributed by atoms with E-state index in [1.165, 1.54) is 20.1 Å². The lowest BCUT2D eigenvalue weighted by Crippen LogP contribution is -2.23. The minimum atomic E-state index is -1.06. The number of methoxy groups -OCH3 is 1. The number of carboxylic acid groups (broad SMARTS) is 1. The van der Waals surface area contributed by atoms with Crippen molar-refractivity contribution in [1.29, 1.82) is 0 Å². The third-order valence-corrected chi connectivity index (χ3v) is 3.34. The van der Waals surface area contributed by atoms with Gasteiger partial charge in [-0.25, -0.2) is 9.18 Å². The Bertz CT molecular complexity index is 774. The lowest BCUT2D eigenvalue weighted by Gasteiger charge is -2.14. The van der Waals surface area contributed by atoms with E-state index in [2.05, 4.69) is 4.99 Å². The highest BCUT2D eigenvalue weighted by molar-refractivity contribution is 5.83. The second-order valence-corrected chi connectivity index (χ2v) is 5.20. The predicted octanol–water partition coefficient (Wildman–Crippen LogP) is 3.75. The molecule has 2 aromatic carbocycles. The van der Waals surface area contributed by atoms with Gasteiger partial charge >= 0.3 is 5.97 Å². The summed E-state index contributed by atoms with van der Waals surface area (Å²) >= 11 is 0. The van der Waals surface area contributed by atoms with Gasteiger partial charge in [0.25, 0.3) is 0 Å². The van der Waals surface area contributed by atoms with Crippen LogP contribution in [0, 0.1) is 12.7 Å². The smallest absolute Gasteiger partial charge is 0.344 e. The molecule has 0 spiro atoms. The van der Waals surface area contributed by atoms with Crippen molar-refractivity contribution in [1.82, 2.24) is 0 Å². The summed E-state index contributed by atoms with van der Waals surface area (Å²) in [5.41, 5.74) is 1.89. The number of nitrogens with zero attached hydrogens (tertiary/aromatic N) is 1. The molecule has 0 saturated carbocycles. The number of aliphatic carboxylic acids is 1. The maximum Gasteiger partial charge on any atom is 0.344 e. The van der Waals surface area contributed by atoms with E-state index in [1.54, 1.807) is 43.5 Å². The molecule has 0 fully saturated rings. The van der Waals surface area contributed by atoms with E-state index < -0.39 is 12.1 Å². The van der Waals surface area contributed by atoms with Crippen LogP contribution in [0.2, 0.25) is 0 Å². The first-order chi connectivity index (χ1) is 11.4. The zero-order valence-electron chi connectivity index (χ0n) is 13.6. The van der Waals surface area contributed by atoms with E-state index in [0.717, 1.165) is 5.56 Å². The second kappa shape index (κ2) is 7.59. The maximum absolute atomic E-state index is 13.2. The number of carbonyl (C=O) groups is 1. The summed E-state index contributed by atoms with van der Waals surface area (Å²) in [5, 5.41) is 8.90. The highest BCUT2D eigenvalue weighted by atomic mass is 19.1. The Morgan fingerprint density at radius 3 is 2.62 bits per heavy atom. The van der Waals surface area contributed by atoms with Crippen LogP contribution >= 0.6 is 0 Å². The normalized spacial score (nSPS) is 12.2. The number of aliphatic imine (C=N–C) groups is 1. The van der Waals surface area contributed by atoms with Crippen molar-refractivity contribution in [3.05, 3.63) is 53.3 Å². The summed E-state index contributed by atoms with van der Waals surface area (Å²) < 4.78 is 23.8. The van der Waals surface area contributed by atoms with Gasteiger partial charge in [0.1, 0.15) is 5.82 Å². The number of aryl methyl sites for hydroxylation is 1. The van der Waals surface area contributed by atoms with Crippen LogP contribution in [0.1, 0.15) is 18.1 Å². The van der Waals surface area contributed by atoms with Crippen molar-refractivity contribution < 1.29 is 23.8 Å². The summed E-state index contributed by atoms with van der Waals surface area (Å²) in [6.45, 7) is 3.11. The molecule has 1 N–H and O–H groups in total. The molecule has 0 aromatic heterocycles. The van der Waals surface area contributed by atoms with E-state index in [1.807, 2.05) is 0 Å². The first-order valence-electron chi connectivity index (χ1n) is 7.28. The molecule has 0 aliphatic heterocycles. The lowest BCUT2D eigenvalue weighted by molar-refractivity contribution is -0.144. The number of halogens is 1. The summed E-state index contributed by atoms with van der Waals surface area (Å²) in [4.78, 5) is 15.2. The number of rotatable bonds is 6. The molecule has 126 valence electrons. The van der Waals surface area contributed by atoms with Crippen LogP contribution in [0.25, 0.3) is 0 Å². The van der Waals surface area contributed by atoms with Crippen molar-refractivity contribution >= 4 is 17.9 Å². The molecule has 6 heteroatoms. The van der Waals surface area contributed by atoms with Crippen LogP contribution in [0.3, 0.4) is 0 Å². The van der Waals surface area contributed by atoms with Crippen LogP contribution in [-0.2, 0) is 4.79 Å². The van der Waals surface area contributed by atoms with E-state index in [0.29, 0.717) is 22.7 Å². The highest BCUT2D eigenvalue weighted by Crippen LogP contribution is 2.29. The monoisotopic (exact) mass is 331 g/mol. The van der Waals surface area contributed by atoms with Crippen molar-refractivity contribution in [3.63, 3.8) is 0 Å². The molecular weight excluding hydrogens is 313 g/mol. The van der Waals surface area contributed by atoms with Crippen LogP contribution in [0.4, 0.5) is 10.1 Å². The first-order valence-corrected chi connectivity index (χ1v) is 7.28. The molecular formula is C18H18FNO4. The van der Waals surface area contributed by atoms with Crippen molar-refractivity contribution in [3.8, 4) is 11.5 Å². The largest absolute Gasteiger partial charge is 0.493 e. The third-order valence-electron chi connectivity index (χ3n) is 3.34. The average molecular weight is 331 g/mol. The number of ether oxygens (including phenoxy) is 2. The molecule has 0 aliphatic carbocycles. The van der Waals surface area contributed by atoms with Gasteiger partial charge in [0, 0.05) is 6.21 Å². The molecule has 2 aromatic rings. The van der Waals surface area contributed by atoms with Gasteiger partial charge in [0.05, 0.1) is 12.8 Å². The summed E-state index contributed by atoms with van der Waals surface area (Å²) in [5.74, 6) is -0.594. The number of benzene rings is 2. The zero-order valence-corrected chi connectivity index (χ0v) is 13.6. The number of carboxylic acids is 1. The third kappa shape index (κ3) is 4.32. The van der Waals surface area contributed by atoms with Gasteiger partial charge in [-0.3, -0.25) is 4.99 Å². The fourth-order valence-electron chi connectivity index (χ4n) is 1.96. The van der Waals surface area contributed by atoms with Gasteiger partial charge in [0.2, 0.25) is 0 Å². The molecule has 2 rings (SSSR count). The van der Waals surface area contributed by atoms with Crippen molar-refractivity contribution in [2.75, 3.05) is 7.11 Å². The van der Waals surface area contributed by atoms with Gasteiger partial charge in [-0.05, 0) is 61.4 Å². The topological polar surface area (TPSA) is 68.1 Å². The minimum Gasteiger partial charge on any atom is -0.493 e. The SMILES string of the molecule is COc1cc(C=Nc2ccc(F)c(C)c2)ccc1O[C@@H](C)C(=O)O. The van der Waals surface area contributed by atoms with Crippen molar-refractivity contribution in [2.24, 2.45) is 4.99 Å². The summed E-state index contributed by atoms with van der Waals surface area (Å²) in [7, 11) is 1.47. The molecule has 0 unspecified atom stereocenters. The van der Waals surface area contributed by atoms with E-state index in [4.69, 9.17) is 14.6 Å². The Morgan fingerprint density at radius 2 is 2.00 bits per heavy atom. The first kappa shape index (κ1) is 17.5. The van der Waals surface area contributed by atoms with Gasteiger partial charge in [-0.1, -0.05) is 0 Å². The quantitative estimate of drug-likeness (QED) is 0.819. The molecule has 0 aliphatic rings. The zero-order chi connectivity index (χ0) is 17.7. The molecule has 0 heterocycles. The van der Waals surface area contributed by atoms with Gasteiger partial charge in [-0.2, -0.15) is 0 Å². The lowest BCUT2D eigenvalue weighted by atomic mass is 10.2. The Labute approximate surface area is 139 Å². The number of hydrogen-bond acceptors (Lipinski definition) is 4. The molecule has 0 amide bonds. The van der Waals surface area contributed by atoms with Crippen LogP contribution in [0.5, 0.6) is 11.5 Å². The molecule has 1 atom stereocenters. The molecule has 5 nitrogen and oxygen atoms in total. The van der Waals surface area contributed by atoms with Crippen LogP contribution < -0.4 is 9.47 Å². The minimum absolute atomic E-state index is 0.273. The second-order valence-electron chi connectivity index (χ2n) is 5.20. The molecule has 0 radical (unpaired) electrons. The fourth-order valence-corrected chi connectivity index (χ4v) is 1.96. The fraction of sp³-hybridized carbons (Fsp3) is 0.222. The average Bonchev–Trinajstić information content (AvgIpc) is 2.56. The highest BCUT2D eigenvalue weighted by Gasteiger charge is 2.15. The number of hydrogen-bond donors (Lipinski definition) is 1. The standard InChI is InChI=1S/C18H18FNO4/c1-11-8-14(5-6-15(11)19)20-10-13-4-7-16(17(9-13)23-3)24-12(2)18(21)22/h4-10,12H,1-3H3,(H,21,22)/t12-/m0/s1. The van der Waals surface area contributed by atoms with E-state index >= 15 is 0 Å². The van der Waals surface area contributed by atoms with E-state index in [9.17, 15) is 9.18 Å².